The van der Waals surface area contributed by atoms with Crippen LogP contribution in [-0.4, -0.2) is 23.0 Å². The van der Waals surface area contributed by atoms with Crippen LogP contribution in [0.25, 0.3) is 10.8 Å². The van der Waals surface area contributed by atoms with Crippen LogP contribution in [0.5, 0.6) is 5.75 Å². The first kappa shape index (κ1) is 23.8. The number of hydrogen-bond acceptors (Lipinski definition) is 4. The highest BCUT2D eigenvalue weighted by Crippen LogP contribution is 2.60. The predicted octanol–water partition coefficient (Wildman–Crippen LogP) is 6.64. The smallest absolute Gasteiger partial charge is 0.254 e. The molecule has 5 nitrogen and oxygen atoms in total. The lowest BCUT2D eigenvalue weighted by Gasteiger charge is -2.45. The van der Waals surface area contributed by atoms with Crippen molar-refractivity contribution in [1.29, 1.82) is 0 Å². The van der Waals surface area contributed by atoms with E-state index in [0.29, 0.717) is 17.9 Å². The Balaban J connectivity index is 1.10. The number of ether oxygens (including phenoxy) is 1. The van der Waals surface area contributed by atoms with Crippen LogP contribution < -0.4 is 4.74 Å². The Morgan fingerprint density at radius 3 is 1.83 bits per heavy atom. The van der Waals surface area contributed by atoms with Gasteiger partial charge in [0.15, 0.2) is 0 Å². The highest BCUT2D eigenvalue weighted by atomic mass is 16.5. The summed E-state index contributed by atoms with van der Waals surface area (Å²) in [6.07, 6.45) is 1.58. The lowest BCUT2D eigenvalue weighted by Crippen LogP contribution is -2.41. The molecule has 4 aliphatic rings. The van der Waals surface area contributed by atoms with Crippen molar-refractivity contribution in [2.24, 2.45) is 16.9 Å². The summed E-state index contributed by atoms with van der Waals surface area (Å²) < 4.78 is 6.24. The molecular formula is C36H26N2O3. The highest BCUT2D eigenvalue weighted by Gasteiger charge is 2.61. The molecule has 1 aliphatic heterocycles. The van der Waals surface area contributed by atoms with Crippen LogP contribution in [0.1, 0.15) is 45.2 Å². The molecule has 0 saturated carbocycles. The molecule has 5 aromatic carbocycles. The topological polar surface area (TPSA) is 59.0 Å². The monoisotopic (exact) mass is 534 g/mol. The van der Waals surface area contributed by atoms with Gasteiger partial charge in [0.25, 0.3) is 11.8 Å². The average Bonchev–Trinajstić information content (AvgIpc) is 3.28. The van der Waals surface area contributed by atoms with Crippen molar-refractivity contribution in [2.75, 3.05) is 0 Å². The maximum absolute atomic E-state index is 13.9. The summed E-state index contributed by atoms with van der Waals surface area (Å²) in [5, 5.41) is 7.91. The van der Waals surface area contributed by atoms with E-state index in [0.717, 1.165) is 43.6 Å². The zero-order valence-electron chi connectivity index (χ0n) is 22.2. The second-order valence-electron chi connectivity index (χ2n) is 11.0. The largest absolute Gasteiger partial charge is 0.488 e. The van der Waals surface area contributed by atoms with Crippen molar-refractivity contribution >= 4 is 28.8 Å². The Morgan fingerprint density at radius 2 is 1.17 bits per heavy atom. The van der Waals surface area contributed by atoms with Gasteiger partial charge in [-0.3, -0.25) is 9.59 Å². The van der Waals surface area contributed by atoms with Crippen LogP contribution in [0.15, 0.2) is 120 Å². The molecule has 0 radical (unpaired) electrons. The number of nitrogens with zero attached hydrogens (tertiary/aromatic N) is 2. The zero-order chi connectivity index (χ0) is 27.5. The molecule has 0 aromatic heterocycles. The van der Waals surface area contributed by atoms with Crippen LogP contribution in [0, 0.1) is 11.8 Å². The molecule has 2 bridgehead atoms. The highest BCUT2D eigenvalue weighted by molar-refractivity contribution is 6.08. The van der Waals surface area contributed by atoms with Crippen molar-refractivity contribution in [1.82, 2.24) is 5.01 Å². The fraction of sp³-hybridized carbons (Fsp3) is 0.139. The third-order valence-electron chi connectivity index (χ3n) is 8.92. The summed E-state index contributed by atoms with van der Waals surface area (Å²) in [5.74, 6) is -1.02. The van der Waals surface area contributed by atoms with Crippen LogP contribution in [-0.2, 0) is 16.2 Å². The summed E-state index contributed by atoms with van der Waals surface area (Å²) in [6.45, 7) is 0.387. The van der Waals surface area contributed by atoms with Gasteiger partial charge in [0.1, 0.15) is 12.4 Å². The number of amides is 2. The van der Waals surface area contributed by atoms with E-state index in [2.05, 4.69) is 53.6 Å². The normalized spacial score (nSPS) is 22.2. The minimum atomic E-state index is -0.452. The van der Waals surface area contributed by atoms with Crippen molar-refractivity contribution in [2.45, 2.75) is 18.4 Å². The van der Waals surface area contributed by atoms with Gasteiger partial charge in [0, 0.05) is 17.4 Å². The van der Waals surface area contributed by atoms with E-state index < -0.39 is 11.8 Å². The minimum absolute atomic E-state index is 0.148. The standard InChI is InChI=1S/C36H26N2O3/c39-35-33-31-26-15-4-5-16-27(26)32(29-18-7-6-17-28(29)31)34(33)36(40)38(35)37-20-23-11-2-8-19-30(23)41-21-24-13-9-12-22-10-1-3-14-25(22)24/h1-20,31-34H,21H2/b37-20-/t31?,32?,33-,34+. The van der Waals surface area contributed by atoms with Gasteiger partial charge < -0.3 is 4.74 Å². The fourth-order valence-electron chi connectivity index (χ4n) is 7.19. The van der Waals surface area contributed by atoms with Crippen LogP contribution in [0.2, 0.25) is 0 Å². The van der Waals surface area contributed by atoms with E-state index in [1.54, 1.807) is 6.21 Å². The average molecular weight is 535 g/mol. The number of hydrogen-bond donors (Lipinski definition) is 0. The predicted molar refractivity (Wildman–Crippen MR) is 158 cm³/mol. The quantitative estimate of drug-likeness (QED) is 0.188. The first-order valence-corrected chi connectivity index (χ1v) is 14.0. The summed E-state index contributed by atoms with van der Waals surface area (Å²) in [5.41, 5.74) is 6.39. The van der Waals surface area contributed by atoms with E-state index >= 15 is 0 Å². The number of carbonyl (C=O) groups is 2. The van der Waals surface area contributed by atoms with E-state index in [9.17, 15) is 9.59 Å². The molecule has 1 heterocycles. The second kappa shape index (κ2) is 9.27. The van der Waals surface area contributed by atoms with Crippen LogP contribution >= 0.6 is 0 Å². The van der Waals surface area contributed by atoms with Gasteiger partial charge >= 0.3 is 0 Å². The minimum Gasteiger partial charge on any atom is -0.488 e. The molecule has 2 amide bonds. The molecule has 41 heavy (non-hydrogen) atoms. The molecule has 9 rings (SSSR count). The molecule has 0 N–H and O–H groups in total. The third-order valence-corrected chi connectivity index (χ3v) is 8.92. The number of imide groups is 1. The summed E-state index contributed by atoms with van der Waals surface area (Å²) in [4.78, 5) is 27.7. The van der Waals surface area contributed by atoms with E-state index in [-0.39, 0.29) is 23.7 Å². The number of benzene rings is 5. The van der Waals surface area contributed by atoms with Gasteiger partial charge in [0.2, 0.25) is 0 Å². The number of hydrazone groups is 1. The lowest BCUT2D eigenvalue weighted by molar-refractivity contribution is -0.139. The molecule has 3 aliphatic carbocycles. The van der Waals surface area contributed by atoms with Crippen molar-refractivity contribution in [3.63, 3.8) is 0 Å². The number of rotatable bonds is 5. The number of para-hydroxylation sites is 1. The molecule has 2 atom stereocenters. The molecule has 5 aromatic rings. The summed E-state index contributed by atoms with van der Waals surface area (Å²) in [6, 6.07) is 38.5. The van der Waals surface area contributed by atoms with Gasteiger partial charge in [-0.15, -0.1) is 0 Å². The second-order valence-corrected chi connectivity index (χ2v) is 11.0. The molecular weight excluding hydrogens is 508 g/mol. The number of fused-ring (bicyclic) bond motifs is 1. The van der Waals surface area contributed by atoms with Crippen molar-refractivity contribution in [3.8, 4) is 5.75 Å². The molecule has 0 spiro atoms. The van der Waals surface area contributed by atoms with Gasteiger partial charge in [-0.25, -0.2) is 0 Å². The summed E-state index contributed by atoms with van der Waals surface area (Å²) >= 11 is 0. The zero-order valence-corrected chi connectivity index (χ0v) is 22.2. The first-order chi connectivity index (χ1) is 20.2. The van der Waals surface area contributed by atoms with Crippen LogP contribution in [0.3, 0.4) is 0 Å². The molecule has 0 unspecified atom stereocenters. The van der Waals surface area contributed by atoms with Gasteiger partial charge in [0.05, 0.1) is 18.1 Å². The SMILES string of the molecule is O=C1[C@@H]2C3c4ccccc4C(c4ccccc43)[C@@H]2C(=O)N1/N=C\c1ccccc1OCc1cccc2ccccc12. The van der Waals surface area contributed by atoms with Crippen LogP contribution in [0.4, 0.5) is 0 Å². The van der Waals surface area contributed by atoms with Crippen molar-refractivity contribution in [3.05, 3.63) is 149 Å². The Labute approximate surface area is 237 Å². The van der Waals surface area contributed by atoms with Crippen molar-refractivity contribution < 1.29 is 14.3 Å². The Bertz CT molecular complexity index is 1770. The van der Waals surface area contributed by atoms with E-state index in [4.69, 9.17) is 4.74 Å². The first-order valence-electron chi connectivity index (χ1n) is 14.0. The molecule has 198 valence electrons. The maximum atomic E-state index is 13.9. The molecule has 5 heteroatoms. The number of carbonyl (C=O) groups excluding carboxylic acids is 2. The van der Waals surface area contributed by atoms with E-state index in [1.807, 2.05) is 66.7 Å². The Kier molecular flexibility index (Phi) is 5.39. The fourth-order valence-corrected chi connectivity index (χ4v) is 7.19. The lowest BCUT2D eigenvalue weighted by atomic mass is 9.55. The summed E-state index contributed by atoms with van der Waals surface area (Å²) in [7, 11) is 0. The third kappa shape index (κ3) is 3.59. The Hall–Kier alpha value is -5.03. The van der Waals surface area contributed by atoms with Gasteiger partial charge in [-0.05, 0) is 50.7 Å². The Morgan fingerprint density at radius 1 is 0.634 bits per heavy atom. The van der Waals surface area contributed by atoms with Gasteiger partial charge in [-0.2, -0.15) is 10.1 Å². The molecule has 1 saturated heterocycles. The van der Waals surface area contributed by atoms with E-state index in [1.165, 1.54) is 0 Å². The van der Waals surface area contributed by atoms with Gasteiger partial charge in [-0.1, -0.05) is 103 Å². The molecule has 1 fully saturated rings. The maximum Gasteiger partial charge on any atom is 0.254 e.